The minimum atomic E-state index is -0.262. The topological polar surface area (TPSA) is 55.0 Å². The highest BCUT2D eigenvalue weighted by Gasteiger charge is 2.10. The molecule has 1 heterocycles. The van der Waals surface area contributed by atoms with Crippen LogP contribution >= 0.6 is 0 Å². The summed E-state index contributed by atoms with van der Waals surface area (Å²) in [6, 6.07) is 16.7. The van der Waals surface area contributed by atoms with Crippen molar-refractivity contribution in [3.63, 3.8) is 0 Å². The highest BCUT2D eigenvalue weighted by atomic mass is 16.5. The highest BCUT2D eigenvalue weighted by molar-refractivity contribution is 5.83. The third-order valence-electron chi connectivity index (χ3n) is 3.37. The Morgan fingerprint density at radius 1 is 1.14 bits per heavy atom. The maximum atomic E-state index is 12.3. The summed E-state index contributed by atoms with van der Waals surface area (Å²) in [5.41, 5.74) is 1.45. The Morgan fingerprint density at radius 3 is 2.57 bits per heavy atom. The van der Waals surface area contributed by atoms with Crippen LogP contribution in [-0.4, -0.2) is 11.7 Å². The van der Waals surface area contributed by atoms with Gasteiger partial charge in [-0.25, -0.2) is 0 Å². The first kappa shape index (κ1) is 12.9. The van der Waals surface area contributed by atoms with Gasteiger partial charge in [-0.3, -0.25) is 4.79 Å². The van der Waals surface area contributed by atoms with Crippen LogP contribution in [-0.2, 0) is 0 Å². The maximum absolute atomic E-state index is 12.3. The number of para-hydroxylation sites is 1. The molecule has 0 aliphatic rings. The summed E-state index contributed by atoms with van der Waals surface area (Å²) in [4.78, 5) is 12.3. The summed E-state index contributed by atoms with van der Waals surface area (Å²) in [5.74, 6) is 0.663. The van der Waals surface area contributed by atoms with Crippen LogP contribution in [0.3, 0.4) is 0 Å². The number of ether oxygens (including phenoxy) is 1. The molecule has 2 aromatic carbocycles. The molecule has 0 saturated heterocycles. The summed E-state index contributed by atoms with van der Waals surface area (Å²) >= 11 is 0. The van der Waals surface area contributed by atoms with Crippen molar-refractivity contribution < 1.29 is 4.74 Å². The van der Waals surface area contributed by atoms with Crippen molar-refractivity contribution >= 4 is 10.9 Å². The second-order valence-corrected chi connectivity index (χ2v) is 4.57. The van der Waals surface area contributed by atoms with Crippen LogP contribution < -0.4 is 10.2 Å². The summed E-state index contributed by atoms with van der Waals surface area (Å²) in [6.45, 7) is 0. The third kappa shape index (κ3) is 2.15. The molecule has 0 saturated carbocycles. The zero-order valence-electron chi connectivity index (χ0n) is 11.4. The van der Waals surface area contributed by atoms with Gasteiger partial charge in [0, 0.05) is 23.3 Å². The number of hydrogen-bond acceptors (Lipinski definition) is 3. The molecule has 0 aliphatic heterocycles. The van der Waals surface area contributed by atoms with E-state index in [0.717, 1.165) is 5.69 Å². The molecule has 3 aromatic rings. The van der Waals surface area contributed by atoms with Gasteiger partial charge in [-0.1, -0.05) is 18.2 Å². The first-order valence-electron chi connectivity index (χ1n) is 6.43. The maximum Gasteiger partial charge on any atom is 0.207 e. The molecule has 0 fully saturated rings. The van der Waals surface area contributed by atoms with Gasteiger partial charge >= 0.3 is 0 Å². The number of rotatable bonds is 2. The van der Waals surface area contributed by atoms with Crippen LogP contribution in [0.5, 0.6) is 5.75 Å². The predicted octanol–water partition coefficient (Wildman–Crippen LogP) is 2.87. The Kier molecular flexibility index (Phi) is 3.17. The minimum absolute atomic E-state index is 0.122. The largest absolute Gasteiger partial charge is 0.497 e. The van der Waals surface area contributed by atoms with E-state index in [2.05, 4.69) is 0 Å². The number of fused-ring (bicyclic) bond motifs is 1. The third-order valence-corrected chi connectivity index (χ3v) is 3.37. The van der Waals surface area contributed by atoms with Crippen LogP contribution in [0, 0.1) is 11.3 Å². The van der Waals surface area contributed by atoms with Gasteiger partial charge in [0.25, 0.3) is 0 Å². The van der Waals surface area contributed by atoms with Gasteiger partial charge in [0.2, 0.25) is 5.43 Å². The lowest BCUT2D eigenvalue weighted by atomic mass is 10.1. The summed E-state index contributed by atoms with van der Waals surface area (Å²) in [6.07, 6.45) is 1.57. The molecule has 0 spiro atoms. The average molecular weight is 276 g/mol. The summed E-state index contributed by atoms with van der Waals surface area (Å²) in [7, 11) is 1.58. The second kappa shape index (κ2) is 5.14. The molecule has 0 unspecified atom stereocenters. The van der Waals surface area contributed by atoms with E-state index in [1.54, 1.807) is 31.5 Å². The minimum Gasteiger partial charge on any atom is -0.497 e. The number of nitriles is 1. The number of benzene rings is 2. The van der Waals surface area contributed by atoms with E-state index in [0.29, 0.717) is 16.7 Å². The molecular weight excluding hydrogens is 264 g/mol. The molecule has 4 heteroatoms. The Labute approximate surface area is 121 Å². The quantitative estimate of drug-likeness (QED) is 0.723. The van der Waals surface area contributed by atoms with Gasteiger partial charge in [0.05, 0.1) is 12.6 Å². The lowest BCUT2D eigenvalue weighted by molar-refractivity contribution is 0.415. The van der Waals surface area contributed by atoms with E-state index in [1.807, 2.05) is 41.0 Å². The SMILES string of the molecule is COc1ccc2c(=O)c(C#N)cn(-c3ccccc3)c2c1. The fourth-order valence-electron chi connectivity index (χ4n) is 2.31. The van der Waals surface area contributed by atoms with E-state index in [1.165, 1.54) is 0 Å². The van der Waals surface area contributed by atoms with Crippen LogP contribution in [0.1, 0.15) is 5.56 Å². The summed E-state index contributed by atoms with van der Waals surface area (Å²) in [5, 5.41) is 9.66. The highest BCUT2D eigenvalue weighted by Crippen LogP contribution is 2.22. The molecule has 21 heavy (non-hydrogen) atoms. The lowest BCUT2D eigenvalue weighted by Gasteiger charge is -2.12. The molecule has 0 atom stereocenters. The zero-order valence-corrected chi connectivity index (χ0v) is 11.4. The Bertz CT molecular complexity index is 906. The molecule has 102 valence electrons. The van der Waals surface area contributed by atoms with Gasteiger partial charge in [0.1, 0.15) is 17.4 Å². The Hall–Kier alpha value is -3.06. The zero-order chi connectivity index (χ0) is 14.8. The standard InChI is InChI=1S/C17H12N2O2/c1-21-14-7-8-15-16(9-14)19(11-12(10-18)17(15)20)13-5-3-2-4-6-13/h2-9,11H,1H3. The molecular formula is C17H12N2O2. The predicted molar refractivity (Wildman–Crippen MR) is 80.8 cm³/mol. The monoisotopic (exact) mass is 276 g/mol. The van der Waals surface area contributed by atoms with Gasteiger partial charge in [-0.05, 0) is 24.3 Å². The normalized spacial score (nSPS) is 10.3. The molecule has 3 rings (SSSR count). The van der Waals surface area contributed by atoms with Crippen LogP contribution in [0.4, 0.5) is 0 Å². The van der Waals surface area contributed by atoms with Crippen LogP contribution in [0.15, 0.2) is 59.5 Å². The number of pyridine rings is 1. The number of nitrogens with zero attached hydrogens (tertiary/aromatic N) is 2. The smallest absolute Gasteiger partial charge is 0.207 e. The van der Waals surface area contributed by atoms with Crippen molar-refractivity contribution in [1.29, 1.82) is 5.26 Å². The molecule has 4 nitrogen and oxygen atoms in total. The van der Waals surface area contributed by atoms with Gasteiger partial charge in [-0.2, -0.15) is 5.26 Å². The van der Waals surface area contributed by atoms with E-state index in [9.17, 15) is 4.79 Å². The molecule has 0 radical (unpaired) electrons. The van der Waals surface area contributed by atoms with Crippen molar-refractivity contribution in [2.75, 3.05) is 7.11 Å². The van der Waals surface area contributed by atoms with Gasteiger partial charge in [-0.15, -0.1) is 0 Å². The van der Waals surface area contributed by atoms with Crippen molar-refractivity contribution in [3.05, 3.63) is 70.5 Å². The van der Waals surface area contributed by atoms with Crippen LogP contribution in [0.25, 0.3) is 16.6 Å². The van der Waals surface area contributed by atoms with Crippen molar-refractivity contribution in [2.45, 2.75) is 0 Å². The average Bonchev–Trinajstić information content (AvgIpc) is 2.55. The van der Waals surface area contributed by atoms with Gasteiger partial charge < -0.3 is 9.30 Å². The lowest BCUT2D eigenvalue weighted by Crippen LogP contribution is -2.12. The summed E-state index contributed by atoms with van der Waals surface area (Å²) < 4.78 is 7.06. The van der Waals surface area contributed by atoms with E-state index in [-0.39, 0.29) is 11.0 Å². The number of methoxy groups -OCH3 is 1. The molecule has 1 aromatic heterocycles. The molecule has 0 bridgehead atoms. The van der Waals surface area contributed by atoms with E-state index in [4.69, 9.17) is 10.00 Å². The molecule has 0 aliphatic carbocycles. The van der Waals surface area contributed by atoms with Gasteiger partial charge in [0.15, 0.2) is 0 Å². The first-order chi connectivity index (χ1) is 10.2. The Morgan fingerprint density at radius 2 is 1.90 bits per heavy atom. The molecule has 0 N–H and O–H groups in total. The van der Waals surface area contributed by atoms with E-state index >= 15 is 0 Å². The fraction of sp³-hybridized carbons (Fsp3) is 0.0588. The van der Waals surface area contributed by atoms with E-state index < -0.39 is 0 Å². The van der Waals surface area contributed by atoms with Crippen molar-refractivity contribution in [2.24, 2.45) is 0 Å². The van der Waals surface area contributed by atoms with Crippen LogP contribution in [0.2, 0.25) is 0 Å². The Balaban J connectivity index is 2.45. The fourth-order valence-corrected chi connectivity index (χ4v) is 2.31. The second-order valence-electron chi connectivity index (χ2n) is 4.57. The number of aromatic nitrogens is 1. The van der Waals surface area contributed by atoms with Crippen molar-refractivity contribution in [1.82, 2.24) is 4.57 Å². The number of hydrogen-bond donors (Lipinski definition) is 0. The van der Waals surface area contributed by atoms with Crippen molar-refractivity contribution in [3.8, 4) is 17.5 Å². The molecule has 0 amide bonds. The first-order valence-corrected chi connectivity index (χ1v) is 6.43.